The van der Waals surface area contributed by atoms with Crippen LogP contribution in [0, 0.1) is 5.82 Å². The van der Waals surface area contributed by atoms with Crippen LogP contribution in [0.25, 0.3) is 0 Å². The van der Waals surface area contributed by atoms with Crippen LogP contribution in [0.1, 0.15) is 16.7 Å². The zero-order chi connectivity index (χ0) is 21.5. The van der Waals surface area contributed by atoms with E-state index in [2.05, 4.69) is 20.4 Å². The first kappa shape index (κ1) is 22.0. The summed E-state index contributed by atoms with van der Waals surface area (Å²) in [5.41, 5.74) is 1.85. The van der Waals surface area contributed by atoms with Gasteiger partial charge in [0.05, 0.1) is 6.61 Å². The van der Waals surface area contributed by atoms with Crippen LogP contribution in [0.2, 0.25) is 5.02 Å². The van der Waals surface area contributed by atoms with Gasteiger partial charge in [0, 0.05) is 36.3 Å². The molecule has 3 rings (SSSR count). The maximum atomic E-state index is 13.8. The first-order valence-corrected chi connectivity index (χ1v) is 9.53. The molecule has 0 fully saturated rings. The van der Waals surface area contributed by atoms with Crippen molar-refractivity contribution in [2.75, 3.05) is 20.4 Å². The van der Waals surface area contributed by atoms with Gasteiger partial charge in [0.15, 0.2) is 12.8 Å². The molecule has 30 heavy (non-hydrogen) atoms. The molecule has 0 spiro atoms. The highest BCUT2D eigenvalue weighted by molar-refractivity contribution is 6.30. The molecule has 162 valence electrons. The van der Waals surface area contributed by atoms with Crippen molar-refractivity contribution in [2.24, 2.45) is 4.99 Å². The Kier molecular flexibility index (Phi) is 7.64. The number of halogens is 4. The summed E-state index contributed by atoms with van der Waals surface area (Å²) < 4.78 is 54.2. The third-order valence-electron chi connectivity index (χ3n) is 4.35. The number of hydrogen-bond acceptors (Lipinski definition) is 4. The van der Waals surface area contributed by atoms with E-state index in [4.69, 9.17) is 21.1 Å². The summed E-state index contributed by atoms with van der Waals surface area (Å²) in [6, 6.07) is 7.23. The van der Waals surface area contributed by atoms with Crippen LogP contribution in [-0.4, -0.2) is 33.0 Å². The van der Waals surface area contributed by atoms with Gasteiger partial charge in [-0.05, 0) is 42.3 Å². The molecule has 0 radical (unpaired) electrons. The fraction of sp³-hybridized carbons (Fsp3) is 0.350. The van der Waals surface area contributed by atoms with Crippen molar-refractivity contribution in [3.8, 4) is 11.5 Å². The van der Waals surface area contributed by atoms with Crippen molar-refractivity contribution in [3.63, 3.8) is 0 Å². The minimum absolute atomic E-state index is 0.0307. The van der Waals surface area contributed by atoms with Crippen LogP contribution < -0.4 is 20.1 Å². The second-order valence-electron chi connectivity index (χ2n) is 6.40. The van der Waals surface area contributed by atoms with Crippen molar-refractivity contribution in [2.45, 2.75) is 26.2 Å². The molecule has 0 bridgehead atoms. The molecular formula is C20H21ClF3N3O3. The second kappa shape index (κ2) is 10.4. The highest BCUT2D eigenvalue weighted by Gasteiger charge is 2.17. The van der Waals surface area contributed by atoms with Crippen LogP contribution in [0.15, 0.2) is 35.3 Å². The molecule has 2 aromatic carbocycles. The predicted molar refractivity (Wildman–Crippen MR) is 107 cm³/mol. The predicted octanol–water partition coefficient (Wildman–Crippen LogP) is 3.85. The molecule has 6 nitrogen and oxygen atoms in total. The van der Waals surface area contributed by atoms with E-state index >= 15 is 0 Å². The Labute approximate surface area is 177 Å². The van der Waals surface area contributed by atoms with E-state index in [9.17, 15) is 13.2 Å². The van der Waals surface area contributed by atoms with Crippen molar-refractivity contribution >= 4 is 17.6 Å². The average Bonchev–Trinajstić information content (AvgIpc) is 2.71. The van der Waals surface area contributed by atoms with E-state index in [1.54, 1.807) is 7.05 Å². The third kappa shape index (κ3) is 5.93. The summed E-state index contributed by atoms with van der Waals surface area (Å²) in [5.74, 6) is 0.753. The Morgan fingerprint density at radius 2 is 2.07 bits per heavy atom. The Bertz CT molecular complexity index is 912. The maximum absolute atomic E-state index is 13.8. The van der Waals surface area contributed by atoms with Crippen LogP contribution in [-0.2, 0) is 24.3 Å². The molecule has 10 heteroatoms. The topological polar surface area (TPSA) is 64.1 Å². The standard InChI is InChI=1S/C20H21ClF3N3O3/c1-25-20(27-9-13-6-15(21)2-3-17(13)30-19(23)24)26-5-4-12-7-16(22)8-14-10-28-11-29-18(12)14/h2-3,6-8,19H,4-5,9-11H2,1H3,(H2,25,26,27). The highest BCUT2D eigenvalue weighted by Crippen LogP contribution is 2.29. The van der Waals surface area contributed by atoms with E-state index in [1.165, 1.54) is 30.3 Å². The van der Waals surface area contributed by atoms with E-state index in [0.717, 1.165) is 5.56 Å². The monoisotopic (exact) mass is 443 g/mol. The average molecular weight is 444 g/mol. The van der Waals surface area contributed by atoms with Gasteiger partial charge in [0.1, 0.15) is 17.3 Å². The molecule has 0 unspecified atom stereocenters. The van der Waals surface area contributed by atoms with Gasteiger partial charge in [-0.1, -0.05) is 11.6 Å². The van der Waals surface area contributed by atoms with E-state index in [1.807, 2.05) is 0 Å². The number of guanidine groups is 1. The largest absolute Gasteiger partial charge is 0.467 e. The number of hydrogen-bond donors (Lipinski definition) is 2. The molecular weight excluding hydrogens is 423 g/mol. The molecule has 2 N–H and O–H groups in total. The molecule has 1 aliphatic heterocycles. The Hall–Kier alpha value is -2.65. The van der Waals surface area contributed by atoms with E-state index < -0.39 is 6.61 Å². The molecule has 0 saturated carbocycles. The summed E-state index contributed by atoms with van der Waals surface area (Å²) >= 11 is 5.96. The van der Waals surface area contributed by atoms with Crippen molar-refractivity contribution < 1.29 is 27.4 Å². The number of ether oxygens (including phenoxy) is 3. The third-order valence-corrected chi connectivity index (χ3v) is 4.58. The maximum Gasteiger partial charge on any atom is 0.387 e. The van der Waals surface area contributed by atoms with Crippen molar-refractivity contribution in [1.82, 2.24) is 10.6 Å². The number of aliphatic imine (C=N–C) groups is 1. The van der Waals surface area contributed by atoms with Gasteiger partial charge in [-0.2, -0.15) is 8.78 Å². The summed E-state index contributed by atoms with van der Waals surface area (Å²) in [5, 5.41) is 6.51. The number of nitrogens with zero attached hydrogens (tertiary/aromatic N) is 1. The zero-order valence-electron chi connectivity index (χ0n) is 16.2. The number of nitrogens with one attached hydrogen (secondary N) is 2. The lowest BCUT2D eigenvalue weighted by Gasteiger charge is -2.21. The van der Waals surface area contributed by atoms with Crippen LogP contribution in [0.3, 0.4) is 0 Å². The van der Waals surface area contributed by atoms with Gasteiger partial charge < -0.3 is 24.8 Å². The molecule has 1 aliphatic rings. The molecule has 0 amide bonds. The van der Waals surface area contributed by atoms with Crippen LogP contribution >= 0.6 is 11.6 Å². The second-order valence-corrected chi connectivity index (χ2v) is 6.83. The lowest BCUT2D eigenvalue weighted by Crippen LogP contribution is -2.38. The van der Waals surface area contributed by atoms with Gasteiger partial charge in [0.25, 0.3) is 0 Å². The van der Waals surface area contributed by atoms with E-state index in [0.29, 0.717) is 47.4 Å². The van der Waals surface area contributed by atoms with Gasteiger partial charge in [-0.3, -0.25) is 4.99 Å². The summed E-state index contributed by atoms with van der Waals surface area (Å²) in [6.45, 7) is -1.90. The first-order valence-electron chi connectivity index (χ1n) is 9.16. The molecule has 2 aromatic rings. The molecule has 0 atom stereocenters. The number of benzene rings is 2. The van der Waals surface area contributed by atoms with Gasteiger partial charge in [-0.15, -0.1) is 0 Å². The summed E-state index contributed by atoms with van der Waals surface area (Å²) in [4.78, 5) is 4.10. The molecule has 0 aromatic heterocycles. The summed E-state index contributed by atoms with van der Waals surface area (Å²) in [7, 11) is 1.58. The quantitative estimate of drug-likeness (QED) is 0.502. The number of alkyl halides is 2. The van der Waals surface area contributed by atoms with Gasteiger partial charge in [-0.25, -0.2) is 4.39 Å². The smallest absolute Gasteiger partial charge is 0.387 e. The number of fused-ring (bicyclic) bond motifs is 1. The molecule has 0 aliphatic carbocycles. The lowest BCUT2D eigenvalue weighted by molar-refractivity contribution is -0.0504. The SMILES string of the molecule is CN=C(NCCc1cc(F)cc2c1OCOC2)NCc1cc(Cl)ccc1OC(F)F. The van der Waals surface area contributed by atoms with Crippen LogP contribution in [0.5, 0.6) is 11.5 Å². The fourth-order valence-corrected chi connectivity index (χ4v) is 3.25. The minimum atomic E-state index is -2.94. The zero-order valence-corrected chi connectivity index (χ0v) is 16.9. The minimum Gasteiger partial charge on any atom is -0.467 e. The Morgan fingerprint density at radius 3 is 2.83 bits per heavy atom. The fourth-order valence-electron chi connectivity index (χ4n) is 3.05. The van der Waals surface area contributed by atoms with Crippen LogP contribution in [0.4, 0.5) is 13.2 Å². The van der Waals surface area contributed by atoms with Crippen molar-refractivity contribution in [1.29, 1.82) is 0 Å². The number of rotatable bonds is 7. The lowest BCUT2D eigenvalue weighted by atomic mass is 10.1. The van der Waals surface area contributed by atoms with Gasteiger partial charge in [0.2, 0.25) is 0 Å². The summed E-state index contributed by atoms with van der Waals surface area (Å²) in [6.07, 6.45) is 0.484. The molecule has 0 saturated heterocycles. The van der Waals surface area contributed by atoms with Crippen molar-refractivity contribution in [3.05, 3.63) is 57.9 Å². The first-order chi connectivity index (χ1) is 14.5. The Morgan fingerprint density at radius 1 is 1.23 bits per heavy atom. The highest BCUT2D eigenvalue weighted by atomic mass is 35.5. The van der Waals surface area contributed by atoms with E-state index in [-0.39, 0.29) is 24.9 Å². The normalized spacial score (nSPS) is 13.6. The van der Waals surface area contributed by atoms with Gasteiger partial charge >= 0.3 is 6.61 Å². The Balaban J connectivity index is 1.58. The molecule has 1 heterocycles.